The van der Waals surface area contributed by atoms with Crippen molar-refractivity contribution in [3.8, 4) is 0 Å². The summed E-state index contributed by atoms with van der Waals surface area (Å²) in [4.78, 5) is 18.5. The highest BCUT2D eigenvalue weighted by atomic mass is 32.2. The fourth-order valence-corrected chi connectivity index (χ4v) is 4.55. The summed E-state index contributed by atoms with van der Waals surface area (Å²) in [5.41, 5.74) is 1.46. The van der Waals surface area contributed by atoms with E-state index in [2.05, 4.69) is 4.98 Å². The van der Waals surface area contributed by atoms with Crippen LogP contribution in [0.3, 0.4) is 0 Å². The number of benzene rings is 1. The van der Waals surface area contributed by atoms with E-state index in [0.717, 1.165) is 5.56 Å². The molecular weight excluding hydrogens is 312 g/mol. The van der Waals surface area contributed by atoms with Gasteiger partial charge in [0.25, 0.3) is 5.91 Å². The second kappa shape index (κ2) is 6.50. The van der Waals surface area contributed by atoms with E-state index in [9.17, 15) is 13.2 Å². The summed E-state index contributed by atoms with van der Waals surface area (Å²) in [6.45, 7) is 0.398. The van der Waals surface area contributed by atoms with Gasteiger partial charge in [-0.15, -0.1) is 0 Å². The third kappa shape index (κ3) is 3.76. The number of sulfone groups is 1. The largest absolute Gasteiger partial charge is 0.330 e. The molecule has 1 amide bonds. The van der Waals surface area contributed by atoms with Crippen LogP contribution in [0, 0.1) is 0 Å². The van der Waals surface area contributed by atoms with Gasteiger partial charge in [0.1, 0.15) is 0 Å². The molecular formula is C17H18N2O3S. The van der Waals surface area contributed by atoms with E-state index in [1.807, 2.05) is 30.3 Å². The number of nitrogens with zero attached hydrogens (tertiary/aromatic N) is 2. The van der Waals surface area contributed by atoms with Crippen molar-refractivity contribution in [3.05, 3.63) is 66.0 Å². The molecule has 0 N–H and O–H groups in total. The average molecular weight is 330 g/mol. The monoisotopic (exact) mass is 330 g/mol. The summed E-state index contributed by atoms with van der Waals surface area (Å²) in [5, 5.41) is 0. The molecule has 1 aliphatic rings. The maximum absolute atomic E-state index is 12.8. The topological polar surface area (TPSA) is 67.3 Å². The molecule has 2 aromatic rings. The van der Waals surface area contributed by atoms with E-state index < -0.39 is 9.84 Å². The van der Waals surface area contributed by atoms with Gasteiger partial charge < -0.3 is 4.90 Å². The van der Waals surface area contributed by atoms with Gasteiger partial charge in [0.2, 0.25) is 0 Å². The minimum absolute atomic E-state index is 0.0336. The van der Waals surface area contributed by atoms with Gasteiger partial charge in [-0.1, -0.05) is 30.3 Å². The smallest absolute Gasteiger partial charge is 0.255 e. The van der Waals surface area contributed by atoms with Gasteiger partial charge >= 0.3 is 0 Å². The summed E-state index contributed by atoms with van der Waals surface area (Å²) < 4.78 is 23.6. The molecule has 1 aromatic heterocycles. The Hall–Kier alpha value is -2.21. The first-order valence-corrected chi connectivity index (χ1v) is 9.33. The molecule has 0 spiro atoms. The van der Waals surface area contributed by atoms with Crippen molar-refractivity contribution in [3.63, 3.8) is 0 Å². The Balaban J connectivity index is 1.89. The second-order valence-corrected chi connectivity index (χ2v) is 7.95. The molecule has 5 nitrogen and oxygen atoms in total. The minimum Gasteiger partial charge on any atom is -0.330 e. The van der Waals surface area contributed by atoms with Crippen LogP contribution in [-0.4, -0.2) is 41.8 Å². The third-order valence-electron chi connectivity index (χ3n) is 4.01. The Morgan fingerprint density at radius 2 is 1.96 bits per heavy atom. The first-order chi connectivity index (χ1) is 11.1. The van der Waals surface area contributed by atoms with Crippen LogP contribution in [0.15, 0.2) is 54.9 Å². The van der Waals surface area contributed by atoms with Gasteiger partial charge in [0, 0.05) is 25.0 Å². The van der Waals surface area contributed by atoms with Crippen molar-refractivity contribution in [2.45, 2.75) is 19.0 Å². The predicted molar refractivity (Wildman–Crippen MR) is 87.6 cm³/mol. The molecule has 0 aliphatic carbocycles. The van der Waals surface area contributed by atoms with E-state index in [-0.39, 0.29) is 23.5 Å². The zero-order valence-corrected chi connectivity index (χ0v) is 13.4. The van der Waals surface area contributed by atoms with Crippen LogP contribution < -0.4 is 0 Å². The number of aromatic nitrogens is 1. The number of hydrogen-bond acceptors (Lipinski definition) is 4. The third-order valence-corrected chi connectivity index (χ3v) is 5.76. The molecule has 1 aromatic carbocycles. The van der Waals surface area contributed by atoms with Crippen molar-refractivity contribution >= 4 is 15.7 Å². The van der Waals surface area contributed by atoms with Gasteiger partial charge in [-0.05, 0) is 24.1 Å². The average Bonchev–Trinajstić information content (AvgIpc) is 2.93. The van der Waals surface area contributed by atoms with Crippen molar-refractivity contribution in [2.24, 2.45) is 0 Å². The van der Waals surface area contributed by atoms with Gasteiger partial charge in [-0.25, -0.2) is 8.42 Å². The van der Waals surface area contributed by atoms with Gasteiger partial charge in [-0.2, -0.15) is 0 Å². The Kier molecular flexibility index (Phi) is 4.43. The van der Waals surface area contributed by atoms with Crippen molar-refractivity contribution < 1.29 is 13.2 Å². The summed E-state index contributed by atoms with van der Waals surface area (Å²) in [6.07, 6.45) is 3.61. The van der Waals surface area contributed by atoms with Crippen molar-refractivity contribution in [2.75, 3.05) is 11.5 Å². The highest BCUT2D eigenvalue weighted by Gasteiger charge is 2.35. The molecule has 1 saturated heterocycles. The summed E-state index contributed by atoms with van der Waals surface area (Å²) in [7, 11) is -3.06. The standard InChI is InChI=1S/C17H18N2O3S/c20-17(15-7-4-9-18-11-15)19(12-14-5-2-1-3-6-14)16-8-10-23(21,22)13-16/h1-7,9,11,16H,8,10,12-13H2. The molecule has 2 heterocycles. The van der Waals surface area contributed by atoms with Gasteiger partial charge in [0.05, 0.1) is 17.1 Å². The predicted octanol–water partition coefficient (Wildman–Crippen LogP) is 1.91. The Morgan fingerprint density at radius 3 is 2.57 bits per heavy atom. The lowest BCUT2D eigenvalue weighted by atomic mass is 10.1. The van der Waals surface area contributed by atoms with Crippen molar-refractivity contribution in [1.29, 1.82) is 0 Å². The molecule has 0 saturated carbocycles. The lowest BCUT2D eigenvalue weighted by Gasteiger charge is -2.28. The Morgan fingerprint density at radius 1 is 1.17 bits per heavy atom. The molecule has 1 unspecified atom stereocenters. The molecule has 1 atom stereocenters. The molecule has 6 heteroatoms. The first-order valence-electron chi connectivity index (χ1n) is 7.50. The fourth-order valence-electron chi connectivity index (χ4n) is 2.82. The van der Waals surface area contributed by atoms with Crippen LogP contribution in [0.1, 0.15) is 22.3 Å². The lowest BCUT2D eigenvalue weighted by molar-refractivity contribution is 0.0680. The van der Waals surface area contributed by atoms with Crippen LogP contribution in [-0.2, 0) is 16.4 Å². The van der Waals surface area contributed by atoms with E-state index in [0.29, 0.717) is 18.5 Å². The molecule has 120 valence electrons. The SMILES string of the molecule is O=C(c1cccnc1)N(Cc1ccccc1)C1CCS(=O)(=O)C1. The first kappa shape index (κ1) is 15.7. The van der Waals surface area contributed by atoms with Crippen LogP contribution in [0.4, 0.5) is 0 Å². The molecule has 23 heavy (non-hydrogen) atoms. The highest BCUT2D eigenvalue weighted by molar-refractivity contribution is 7.91. The van der Waals surface area contributed by atoms with Crippen molar-refractivity contribution in [1.82, 2.24) is 9.88 Å². The molecule has 3 rings (SSSR count). The molecule has 0 bridgehead atoms. The van der Waals surface area contributed by atoms with Gasteiger partial charge in [-0.3, -0.25) is 9.78 Å². The number of carbonyl (C=O) groups excluding carboxylic acids is 1. The minimum atomic E-state index is -3.06. The van der Waals surface area contributed by atoms with Gasteiger partial charge in [0.15, 0.2) is 9.84 Å². The lowest BCUT2D eigenvalue weighted by Crippen LogP contribution is -2.40. The van der Waals surface area contributed by atoms with E-state index >= 15 is 0 Å². The molecule has 1 fully saturated rings. The van der Waals surface area contributed by atoms with E-state index in [4.69, 9.17) is 0 Å². The van der Waals surface area contributed by atoms with Crippen LogP contribution >= 0.6 is 0 Å². The highest BCUT2D eigenvalue weighted by Crippen LogP contribution is 2.22. The number of pyridine rings is 1. The number of rotatable bonds is 4. The Bertz CT molecular complexity index is 776. The zero-order valence-electron chi connectivity index (χ0n) is 12.6. The quantitative estimate of drug-likeness (QED) is 0.859. The number of amides is 1. The van der Waals surface area contributed by atoms with E-state index in [1.165, 1.54) is 6.20 Å². The van der Waals surface area contributed by atoms with Crippen LogP contribution in [0.25, 0.3) is 0 Å². The zero-order chi connectivity index (χ0) is 16.3. The second-order valence-electron chi connectivity index (χ2n) is 5.72. The normalized spacial score (nSPS) is 19.4. The number of hydrogen-bond donors (Lipinski definition) is 0. The molecule has 1 aliphatic heterocycles. The van der Waals surface area contributed by atoms with E-state index in [1.54, 1.807) is 23.2 Å². The molecule has 0 radical (unpaired) electrons. The summed E-state index contributed by atoms with van der Waals surface area (Å²) in [5.74, 6) is -0.00110. The maximum Gasteiger partial charge on any atom is 0.255 e. The number of carbonyl (C=O) groups is 1. The van der Waals surface area contributed by atoms with Crippen LogP contribution in [0.5, 0.6) is 0 Å². The maximum atomic E-state index is 12.8. The summed E-state index contributed by atoms with van der Waals surface area (Å²) in [6, 6.07) is 12.7. The Labute approximate surface area is 135 Å². The fraction of sp³-hybridized carbons (Fsp3) is 0.294. The van der Waals surface area contributed by atoms with Crippen LogP contribution in [0.2, 0.25) is 0 Å². The summed E-state index contributed by atoms with van der Waals surface area (Å²) >= 11 is 0.